The van der Waals surface area contributed by atoms with Crippen LogP contribution in [0.5, 0.6) is 17.2 Å². The molecule has 1 aliphatic heterocycles. The quantitative estimate of drug-likeness (QED) is 0.600. The van der Waals surface area contributed by atoms with Gasteiger partial charge in [-0.05, 0) is 42.5 Å². The molecule has 172 valence electrons. The summed E-state index contributed by atoms with van der Waals surface area (Å²) in [6.45, 7) is 1.51. The number of hydrogen-bond donors (Lipinski definition) is 1. The molecule has 8 heteroatoms. The van der Waals surface area contributed by atoms with Crippen molar-refractivity contribution < 1.29 is 28.5 Å². The number of amides is 2. The third-order valence-electron chi connectivity index (χ3n) is 5.72. The average molecular weight is 443 g/mol. The van der Waals surface area contributed by atoms with Crippen LogP contribution in [0.1, 0.15) is 21.8 Å². The molecule has 2 aromatic rings. The van der Waals surface area contributed by atoms with Gasteiger partial charge >= 0.3 is 0 Å². The zero-order valence-electron chi connectivity index (χ0n) is 18.9. The van der Waals surface area contributed by atoms with Crippen LogP contribution in [0.2, 0.25) is 0 Å². The molecule has 1 fully saturated rings. The van der Waals surface area contributed by atoms with Crippen LogP contribution in [0.15, 0.2) is 42.5 Å². The monoisotopic (exact) mass is 442 g/mol. The van der Waals surface area contributed by atoms with Crippen molar-refractivity contribution in [1.29, 1.82) is 0 Å². The molecule has 32 heavy (non-hydrogen) atoms. The first-order valence-electron chi connectivity index (χ1n) is 10.4. The molecule has 0 saturated carbocycles. The summed E-state index contributed by atoms with van der Waals surface area (Å²) in [5.74, 6) is 1.06. The lowest BCUT2D eigenvalue weighted by Crippen LogP contribution is -2.37. The smallest absolute Gasteiger partial charge is 0.253 e. The molecule has 2 atom stereocenters. The van der Waals surface area contributed by atoms with Crippen LogP contribution < -0.4 is 19.5 Å². The maximum Gasteiger partial charge on any atom is 0.253 e. The van der Waals surface area contributed by atoms with Crippen molar-refractivity contribution in [2.45, 2.75) is 5.92 Å². The molecule has 1 saturated heterocycles. The molecule has 0 bridgehead atoms. The fourth-order valence-corrected chi connectivity index (χ4v) is 4.00. The topological polar surface area (TPSA) is 86.3 Å². The summed E-state index contributed by atoms with van der Waals surface area (Å²) < 4.78 is 21.2. The van der Waals surface area contributed by atoms with Crippen molar-refractivity contribution >= 4 is 11.8 Å². The van der Waals surface area contributed by atoms with Gasteiger partial charge in [-0.3, -0.25) is 9.59 Å². The lowest BCUT2D eigenvalue weighted by Gasteiger charge is -2.21. The Morgan fingerprint density at radius 1 is 0.938 bits per heavy atom. The van der Waals surface area contributed by atoms with Gasteiger partial charge < -0.3 is 29.2 Å². The molecule has 0 aliphatic carbocycles. The van der Waals surface area contributed by atoms with Crippen LogP contribution in [0.25, 0.3) is 0 Å². The minimum Gasteiger partial charge on any atom is -0.497 e. The van der Waals surface area contributed by atoms with Crippen LogP contribution in [-0.2, 0) is 9.53 Å². The number of methoxy groups -OCH3 is 4. The molecule has 2 amide bonds. The fourth-order valence-electron chi connectivity index (χ4n) is 4.00. The first-order valence-corrected chi connectivity index (χ1v) is 10.4. The van der Waals surface area contributed by atoms with Gasteiger partial charge in [0.2, 0.25) is 5.91 Å². The summed E-state index contributed by atoms with van der Waals surface area (Å²) in [6, 6.07) is 12.5. The van der Waals surface area contributed by atoms with E-state index in [2.05, 4.69) is 5.32 Å². The maximum absolute atomic E-state index is 13.2. The third kappa shape index (κ3) is 5.13. The van der Waals surface area contributed by atoms with Gasteiger partial charge in [0, 0.05) is 43.8 Å². The number of nitrogens with zero attached hydrogens (tertiary/aromatic N) is 1. The van der Waals surface area contributed by atoms with Gasteiger partial charge in [-0.2, -0.15) is 0 Å². The molecule has 1 aliphatic rings. The number of ether oxygens (including phenoxy) is 4. The van der Waals surface area contributed by atoms with Gasteiger partial charge in [0.15, 0.2) is 0 Å². The van der Waals surface area contributed by atoms with E-state index in [4.69, 9.17) is 18.9 Å². The largest absolute Gasteiger partial charge is 0.497 e. The van der Waals surface area contributed by atoms with Crippen LogP contribution in [0.4, 0.5) is 0 Å². The second-order valence-electron chi connectivity index (χ2n) is 7.54. The van der Waals surface area contributed by atoms with Gasteiger partial charge in [0.1, 0.15) is 17.2 Å². The van der Waals surface area contributed by atoms with Crippen molar-refractivity contribution in [1.82, 2.24) is 10.2 Å². The third-order valence-corrected chi connectivity index (χ3v) is 5.72. The highest BCUT2D eigenvalue weighted by atomic mass is 16.5. The molecule has 1 heterocycles. The summed E-state index contributed by atoms with van der Waals surface area (Å²) in [5.41, 5.74) is 1.38. The molecule has 0 radical (unpaired) electrons. The highest BCUT2D eigenvalue weighted by Gasteiger charge is 2.41. The molecule has 1 N–H and O–H groups in total. The molecule has 2 aromatic carbocycles. The summed E-state index contributed by atoms with van der Waals surface area (Å²) >= 11 is 0. The maximum atomic E-state index is 13.2. The highest BCUT2D eigenvalue weighted by Crippen LogP contribution is 2.40. The molecule has 0 unspecified atom stereocenters. The Kier molecular flexibility index (Phi) is 7.94. The zero-order chi connectivity index (χ0) is 23.1. The Bertz CT molecular complexity index is 931. The molecular formula is C24H30N2O6. The second kappa shape index (κ2) is 10.9. The van der Waals surface area contributed by atoms with E-state index in [-0.39, 0.29) is 17.7 Å². The first-order chi connectivity index (χ1) is 15.5. The van der Waals surface area contributed by atoms with E-state index in [0.29, 0.717) is 49.1 Å². The minimum atomic E-state index is -0.435. The number of rotatable bonds is 9. The average Bonchev–Trinajstić information content (AvgIpc) is 3.28. The molecule has 0 spiro atoms. The lowest BCUT2D eigenvalue weighted by atomic mass is 9.87. The molecule has 0 aromatic heterocycles. The van der Waals surface area contributed by atoms with Gasteiger partial charge in [-0.1, -0.05) is 0 Å². The van der Waals surface area contributed by atoms with Crippen LogP contribution >= 0.6 is 0 Å². The zero-order valence-corrected chi connectivity index (χ0v) is 18.9. The number of hydrogen-bond acceptors (Lipinski definition) is 6. The Morgan fingerprint density at radius 2 is 1.62 bits per heavy atom. The Morgan fingerprint density at radius 3 is 2.25 bits per heavy atom. The molecular weight excluding hydrogens is 412 g/mol. The summed E-state index contributed by atoms with van der Waals surface area (Å²) in [5, 5.41) is 2.92. The molecule has 3 rings (SSSR count). The normalized spacial score (nSPS) is 17.7. The van der Waals surface area contributed by atoms with Crippen molar-refractivity contribution in [2.24, 2.45) is 5.92 Å². The van der Waals surface area contributed by atoms with E-state index >= 15 is 0 Å². The highest BCUT2D eigenvalue weighted by molar-refractivity contribution is 5.95. The Balaban J connectivity index is 1.90. The summed E-state index contributed by atoms with van der Waals surface area (Å²) in [4.78, 5) is 28.0. The van der Waals surface area contributed by atoms with E-state index in [1.807, 2.05) is 18.2 Å². The SMILES string of the molecule is COCCNC(=O)[C@@H]1CN(C(=O)c2ccc(OC)cc2)C[C@@H]1c1cc(OC)ccc1OC. The predicted octanol–water partition coefficient (Wildman–Crippen LogP) is 2.33. The van der Waals surface area contributed by atoms with Crippen molar-refractivity contribution in [3.05, 3.63) is 53.6 Å². The Hall–Kier alpha value is -3.26. The van der Waals surface area contributed by atoms with Crippen LogP contribution in [0.3, 0.4) is 0 Å². The second-order valence-corrected chi connectivity index (χ2v) is 7.54. The van der Waals surface area contributed by atoms with Crippen molar-refractivity contribution in [3.63, 3.8) is 0 Å². The summed E-state index contributed by atoms with van der Waals surface area (Å²) in [7, 11) is 6.35. The standard InChI is InChI=1S/C24H30N2O6/c1-29-12-11-25-23(27)21-15-26(24(28)16-5-7-17(30-2)8-6-16)14-20(21)19-13-18(31-3)9-10-22(19)32-4/h5-10,13,20-21H,11-12,14-15H2,1-4H3,(H,25,27)/t20-,21-/m1/s1. The number of benzene rings is 2. The number of carbonyl (C=O) groups is 2. The minimum absolute atomic E-state index is 0.123. The predicted molar refractivity (Wildman–Crippen MR) is 120 cm³/mol. The van der Waals surface area contributed by atoms with Gasteiger partial charge in [-0.25, -0.2) is 0 Å². The summed E-state index contributed by atoms with van der Waals surface area (Å²) in [6.07, 6.45) is 0. The van der Waals surface area contributed by atoms with Gasteiger partial charge in [0.05, 0.1) is 33.9 Å². The number of likely N-dealkylation sites (tertiary alicyclic amines) is 1. The van der Waals surface area contributed by atoms with Crippen LogP contribution in [-0.4, -0.2) is 71.4 Å². The van der Waals surface area contributed by atoms with Crippen LogP contribution in [0, 0.1) is 5.92 Å². The lowest BCUT2D eigenvalue weighted by molar-refractivity contribution is -0.125. The number of nitrogens with one attached hydrogen (secondary N) is 1. The van der Waals surface area contributed by atoms with E-state index in [1.54, 1.807) is 57.6 Å². The first kappa shape index (κ1) is 23.4. The van der Waals surface area contributed by atoms with Crippen molar-refractivity contribution in [3.8, 4) is 17.2 Å². The van der Waals surface area contributed by atoms with E-state index in [0.717, 1.165) is 5.56 Å². The van der Waals surface area contributed by atoms with E-state index in [9.17, 15) is 9.59 Å². The Labute approximate surface area is 188 Å². The van der Waals surface area contributed by atoms with Gasteiger partial charge in [0.25, 0.3) is 5.91 Å². The van der Waals surface area contributed by atoms with Crippen molar-refractivity contribution in [2.75, 3.05) is 54.7 Å². The van der Waals surface area contributed by atoms with E-state index in [1.165, 1.54) is 0 Å². The molecule has 8 nitrogen and oxygen atoms in total. The van der Waals surface area contributed by atoms with E-state index < -0.39 is 5.92 Å². The van der Waals surface area contributed by atoms with Gasteiger partial charge in [-0.15, -0.1) is 0 Å². The number of carbonyl (C=O) groups excluding carboxylic acids is 2. The fraction of sp³-hybridized carbons (Fsp3) is 0.417.